The molecule has 2 aliphatic heterocycles. The minimum absolute atomic E-state index is 0.0939. The molecule has 4 heterocycles. The summed E-state index contributed by atoms with van der Waals surface area (Å²) in [5.74, 6) is -2.17. The van der Waals surface area contributed by atoms with Gasteiger partial charge in [0.05, 0.1) is 17.0 Å². The van der Waals surface area contributed by atoms with E-state index in [2.05, 4.69) is 20.4 Å². The lowest BCUT2D eigenvalue weighted by Gasteiger charge is -2.48. The molecule has 0 saturated carbocycles. The Balaban J connectivity index is 1.49. The highest BCUT2D eigenvalue weighted by molar-refractivity contribution is 8.00. The maximum atomic E-state index is 12.8. The average Bonchev–Trinajstić information content (AvgIpc) is 3.45. The summed E-state index contributed by atoms with van der Waals surface area (Å²) >= 11 is 3.80. The minimum atomic E-state index is -1.29. The van der Waals surface area contributed by atoms with Crippen LogP contribution in [0.2, 0.25) is 0 Å². The highest BCUT2D eigenvalue weighted by atomic mass is 32.2. The molecule has 0 aromatic carbocycles. The number of rotatable bonds is 8. The van der Waals surface area contributed by atoms with Gasteiger partial charge in [0.1, 0.15) is 36.6 Å². The first-order chi connectivity index (χ1) is 15.4. The summed E-state index contributed by atoms with van der Waals surface area (Å²) in [6, 6.07) is -0.944. The Bertz CT molecular complexity index is 1110. The predicted molar refractivity (Wildman–Crippen MR) is 117 cm³/mol. The van der Waals surface area contributed by atoms with Crippen LogP contribution in [0.4, 0.5) is 5.13 Å². The number of carboxylic acids is 1. The van der Waals surface area contributed by atoms with Gasteiger partial charge in [-0.05, 0) is 0 Å². The molecule has 2 aromatic heterocycles. The van der Waals surface area contributed by atoms with Crippen LogP contribution in [0.15, 0.2) is 32.9 Å². The number of carbonyl (C=O) groups is 3. The van der Waals surface area contributed by atoms with Crippen molar-refractivity contribution in [3.05, 3.63) is 39.1 Å². The lowest BCUT2D eigenvalue weighted by Crippen LogP contribution is -2.71. The van der Waals surface area contributed by atoms with E-state index in [-0.39, 0.29) is 40.4 Å². The van der Waals surface area contributed by atoms with Crippen LogP contribution in [-0.4, -0.2) is 67.7 Å². The number of aliphatic carboxylic acids is 1. The number of oxime groups is 1. The maximum Gasteiger partial charge on any atom is 0.356 e. The van der Waals surface area contributed by atoms with Gasteiger partial charge in [-0.25, -0.2) is 14.8 Å². The van der Waals surface area contributed by atoms with Crippen LogP contribution in [0, 0.1) is 0 Å². The number of nitrogens with two attached hydrogens (primary N) is 1. The van der Waals surface area contributed by atoms with Gasteiger partial charge < -0.3 is 25.7 Å². The summed E-state index contributed by atoms with van der Waals surface area (Å²) in [5.41, 5.74) is 7.74. The molecule has 0 spiro atoms. The van der Waals surface area contributed by atoms with Crippen molar-refractivity contribution in [2.45, 2.75) is 18.0 Å². The summed E-state index contributed by atoms with van der Waals surface area (Å²) in [5, 5.41) is 18.9. The first-order valence-electron chi connectivity index (χ1n) is 8.95. The van der Waals surface area contributed by atoms with Crippen molar-refractivity contribution in [3.8, 4) is 0 Å². The smallest absolute Gasteiger partial charge is 0.356 e. The molecule has 0 aliphatic carbocycles. The van der Waals surface area contributed by atoms with Gasteiger partial charge in [0.15, 0.2) is 16.5 Å². The molecule has 2 aliphatic rings. The topological polar surface area (TPSA) is 169 Å². The molecule has 168 valence electrons. The molecule has 0 radical (unpaired) electrons. The number of nitrogens with zero attached hydrogens (tertiary/aromatic N) is 4. The molecule has 4 rings (SSSR count). The summed E-state index contributed by atoms with van der Waals surface area (Å²) in [6.07, 6.45) is 0. The SMILES string of the molecule is CO/N=C(\C(=O)N[C@@H]1C(=O)N2C(C(=O)O)=C(OCc3cscn3)CS[C@@H]12)c1csc(N)n1. The molecule has 15 heteroatoms. The Hall–Kier alpha value is -3.17. The fourth-order valence-electron chi connectivity index (χ4n) is 3.07. The Kier molecular flexibility index (Phi) is 6.29. The second kappa shape index (κ2) is 9.13. The first kappa shape index (κ1) is 22.0. The number of β-lactam (4-membered cyclic amide) rings is 1. The Morgan fingerprint density at radius 1 is 1.44 bits per heavy atom. The van der Waals surface area contributed by atoms with Gasteiger partial charge >= 0.3 is 5.97 Å². The third-order valence-corrected chi connectivity index (χ3v) is 7.03. The van der Waals surface area contributed by atoms with Crippen molar-refractivity contribution >= 4 is 63.1 Å². The van der Waals surface area contributed by atoms with Gasteiger partial charge in [-0.1, -0.05) is 5.16 Å². The molecule has 1 saturated heterocycles. The number of nitrogen functional groups attached to an aromatic ring is 1. The summed E-state index contributed by atoms with van der Waals surface area (Å²) in [6.45, 7) is 0.0939. The number of carbonyl (C=O) groups excluding carboxylic acids is 2. The number of carboxylic acid groups (broad SMARTS) is 1. The van der Waals surface area contributed by atoms with E-state index in [1.54, 1.807) is 10.9 Å². The van der Waals surface area contributed by atoms with Gasteiger partial charge in [-0.2, -0.15) is 0 Å². The van der Waals surface area contributed by atoms with Crippen LogP contribution in [-0.2, 0) is 30.6 Å². The van der Waals surface area contributed by atoms with Gasteiger partial charge in [0.2, 0.25) is 0 Å². The molecular formula is C17H16N6O6S3. The lowest BCUT2D eigenvalue weighted by atomic mass is 10.0. The molecule has 2 aromatic rings. The fraction of sp³-hybridized carbons (Fsp3) is 0.294. The van der Waals surface area contributed by atoms with Crippen molar-refractivity contribution < 1.29 is 29.1 Å². The van der Waals surface area contributed by atoms with E-state index in [1.165, 1.54) is 35.6 Å². The largest absolute Gasteiger partial charge is 0.488 e. The molecule has 2 amide bonds. The van der Waals surface area contributed by atoms with Crippen LogP contribution < -0.4 is 11.1 Å². The number of thiazole rings is 2. The van der Waals surface area contributed by atoms with E-state index in [9.17, 15) is 19.5 Å². The number of nitrogens with one attached hydrogen (secondary N) is 1. The number of fused-ring (bicyclic) bond motifs is 1. The molecule has 0 unspecified atom stereocenters. The second-order valence-corrected chi connectivity index (χ2v) is 9.11. The molecular weight excluding hydrogens is 480 g/mol. The molecule has 12 nitrogen and oxygen atoms in total. The monoisotopic (exact) mass is 496 g/mol. The number of thioether (sulfide) groups is 1. The second-order valence-electron chi connectivity index (χ2n) is 6.40. The van der Waals surface area contributed by atoms with Crippen molar-refractivity contribution in [1.82, 2.24) is 20.2 Å². The zero-order valence-corrected chi connectivity index (χ0v) is 18.8. The Morgan fingerprint density at radius 3 is 2.88 bits per heavy atom. The van der Waals surface area contributed by atoms with Gasteiger partial charge in [0.25, 0.3) is 11.8 Å². The predicted octanol–water partition coefficient (Wildman–Crippen LogP) is 0.445. The third-order valence-electron chi connectivity index (χ3n) is 4.46. The van der Waals surface area contributed by atoms with Crippen LogP contribution in [0.5, 0.6) is 0 Å². The average molecular weight is 497 g/mol. The van der Waals surface area contributed by atoms with Crippen LogP contribution in [0.25, 0.3) is 0 Å². The van der Waals surface area contributed by atoms with Crippen LogP contribution >= 0.6 is 34.4 Å². The molecule has 32 heavy (non-hydrogen) atoms. The number of hydrogen-bond acceptors (Lipinski definition) is 12. The normalized spacial score (nSPS) is 20.5. The number of anilines is 1. The number of aromatic nitrogens is 2. The van der Waals surface area contributed by atoms with Crippen molar-refractivity contribution in [1.29, 1.82) is 0 Å². The van der Waals surface area contributed by atoms with E-state index in [0.717, 1.165) is 16.2 Å². The Labute approximate surface area is 193 Å². The third kappa shape index (κ3) is 4.13. The van der Waals surface area contributed by atoms with Crippen molar-refractivity contribution in [2.75, 3.05) is 18.6 Å². The van der Waals surface area contributed by atoms with Gasteiger partial charge in [-0.3, -0.25) is 14.5 Å². The quantitative estimate of drug-likeness (QED) is 0.265. The van der Waals surface area contributed by atoms with Crippen LogP contribution in [0.1, 0.15) is 11.4 Å². The molecule has 2 atom stereocenters. The van der Waals surface area contributed by atoms with Crippen LogP contribution in [0.3, 0.4) is 0 Å². The van der Waals surface area contributed by atoms with Crippen molar-refractivity contribution in [2.24, 2.45) is 5.16 Å². The van der Waals surface area contributed by atoms with E-state index >= 15 is 0 Å². The number of ether oxygens (including phenoxy) is 1. The zero-order valence-electron chi connectivity index (χ0n) is 16.4. The number of amides is 2. The fourth-order valence-corrected chi connectivity index (χ4v) is 5.44. The first-order valence-corrected chi connectivity index (χ1v) is 11.8. The zero-order chi connectivity index (χ0) is 22.8. The summed E-state index contributed by atoms with van der Waals surface area (Å²) < 4.78 is 5.64. The van der Waals surface area contributed by atoms with Gasteiger partial charge in [-0.15, -0.1) is 34.4 Å². The molecule has 0 bridgehead atoms. The van der Waals surface area contributed by atoms with Gasteiger partial charge in [0, 0.05) is 10.8 Å². The van der Waals surface area contributed by atoms with E-state index < -0.39 is 29.2 Å². The Morgan fingerprint density at radius 2 is 2.25 bits per heavy atom. The minimum Gasteiger partial charge on any atom is -0.488 e. The van der Waals surface area contributed by atoms with Crippen molar-refractivity contribution in [3.63, 3.8) is 0 Å². The van der Waals surface area contributed by atoms with E-state index in [0.29, 0.717) is 5.69 Å². The summed E-state index contributed by atoms with van der Waals surface area (Å²) in [7, 11) is 1.27. The number of hydrogen-bond donors (Lipinski definition) is 3. The maximum absolute atomic E-state index is 12.8. The molecule has 4 N–H and O–H groups in total. The molecule has 1 fully saturated rings. The lowest BCUT2D eigenvalue weighted by molar-refractivity contribution is -0.150. The highest BCUT2D eigenvalue weighted by Crippen LogP contribution is 2.40. The highest BCUT2D eigenvalue weighted by Gasteiger charge is 2.55. The summed E-state index contributed by atoms with van der Waals surface area (Å²) in [4.78, 5) is 51.3. The van der Waals surface area contributed by atoms with E-state index in [4.69, 9.17) is 15.3 Å². The standard InChI is InChI=1S/C17H16N6O6S3/c1-28-22-10(8-4-32-17(18)20-8)13(24)21-11-14(25)23-12(16(26)27)9(5-31-15(11)23)29-2-7-3-30-6-19-7/h3-4,6,11,15H,2,5H2,1H3,(H2,18,20)(H,21,24)(H,26,27)/b22-10-/t11-,15+/m1/s1. The van der Waals surface area contributed by atoms with E-state index in [1.807, 2.05) is 0 Å².